The number of hydrogen-bond acceptors (Lipinski definition) is 19. The van der Waals surface area contributed by atoms with Crippen molar-refractivity contribution in [2.75, 3.05) is 0 Å². The van der Waals surface area contributed by atoms with Crippen LogP contribution in [0.5, 0.6) is 0 Å². The summed E-state index contributed by atoms with van der Waals surface area (Å²) in [4.78, 5) is 40.6. The second-order valence-electron chi connectivity index (χ2n) is 21.4. The Morgan fingerprint density at radius 1 is 0.671 bits per heavy atom. The minimum atomic E-state index is -1.88. The Morgan fingerprint density at radius 2 is 1.15 bits per heavy atom. The van der Waals surface area contributed by atoms with Crippen molar-refractivity contribution in [1.82, 2.24) is 0 Å². The molecule has 416 valence electrons. The molecule has 5 heterocycles. The molecule has 5 rings (SSSR count). The van der Waals surface area contributed by atoms with Crippen molar-refractivity contribution in [3.8, 4) is 0 Å². The summed E-state index contributed by atoms with van der Waals surface area (Å²) in [6.45, 7) is 20.9. The fraction of sp³-hybridized carbons (Fsp3) is 0.796. The minimum absolute atomic E-state index is 0.00290. The van der Waals surface area contributed by atoms with E-state index in [1.54, 1.807) is 72.8 Å². The van der Waals surface area contributed by atoms with E-state index < -0.39 is 157 Å². The molecule has 7 N–H and O–H groups in total. The standard InChI is InChI=1S/C54H86O19/c1-13-36-33(10)73-54(64,25-40(36)68-43-23-38(55)47(61)34(11)65-43)31(8)46(60)29(6)50-27(4)20-16-18-21-41(57)69-49(26(3)19-15-17-22-42(58)70-50)28(5)45(59)30(7)52(63)72-53-51(37(14-2)32(9)67-53)71-44-24-39(56)48(62)35(12)66-44/h15-22,26-40,43-51,53,55-56,59-62,64H,13-14,23-25H2,1-12H3/b19-15+,20-16+,21-18+,22-17+/t26-,27-,28-,29-,30-,31-,32+,33+,34-,35-,36+,37+,38-,39-,40+,43-,44-,45+,46+,47+,48+,49-,50-,51-,53+,54+/m0/s1. The first kappa shape index (κ1) is 60.7. The van der Waals surface area contributed by atoms with Gasteiger partial charge in [-0.25, -0.2) is 9.59 Å². The lowest BCUT2D eigenvalue weighted by molar-refractivity contribution is -0.344. The normalized spacial score (nSPS) is 44.3. The third-order valence-electron chi connectivity index (χ3n) is 16.0. The predicted molar refractivity (Wildman–Crippen MR) is 263 cm³/mol. The smallest absolute Gasteiger partial charge is 0.331 e. The molecule has 0 aromatic heterocycles. The van der Waals surface area contributed by atoms with Crippen LogP contribution in [0.3, 0.4) is 0 Å². The molecule has 0 aromatic carbocycles. The molecule has 0 unspecified atom stereocenters. The van der Waals surface area contributed by atoms with Gasteiger partial charge in [0, 0.05) is 72.8 Å². The topological polar surface area (TPSA) is 276 Å². The molecule has 0 aromatic rings. The zero-order chi connectivity index (χ0) is 54.2. The number of rotatable bonds is 15. The molecule has 4 fully saturated rings. The van der Waals surface area contributed by atoms with Crippen LogP contribution in [0.4, 0.5) is 0 Å². The maximum atomic E-state index is 13.7. The molecule has 0 aliphatic carbocycles. The molecule has 26 atom stereocenters. The third kappa shape index (κ3) is 15.1. The first-order valence-electron chi connectivity index (χ1n) is 26.4. The third-order valence-corrected chi connectivity index (χ3v) is 16.0. The van der Waals surface area contributed by atoms with Gasteiger partial charge in [0.05, 0.1) is 60.9 Å². The van der Waals surface area contributed by atoms with Crippen LogP contribution in [0, 0.1) is 47.3 Å². The number of carbonyl (C=O) groups excluding carboxylic acids is 3. The lowest BCUT2D eigenvalue weighted by Gasteiger charge is -2.50. The Kier molecular flexibility index (Phi) is 22.2. The Bertz CT molecular complexity index is 1890. The van der Waals surface area contributed by atoms with Gasteiger partial charge in [-0.3, -0.25) is 4.79 Å². The Labute approximate surface area is 430 Å². The van der Waals surface area contributed by atoms with Gasteiger partial charge in [-0.1, -0.05) is 84.9 Å². The number of cyclic esters (lactones) is 2. The lowest BCUT2D eigenvalue weighted by Crippen LogP contribution is -2.59. The fourth-order valence-electron chi connectivity index (χ4n) is 11.1. The van der Waals surface area contributed by atoms with Crippen LogP contribution in [-0.4, -0.2) is 164 Å². The highest BCUT2D eigenvalue weighted by molar-refractivity contribution is 5.83. The number of hydrogen-bond donors (Lipinski definition) is 7. The summed E-state index contributed by atoms with van der Waals surface area (Å²) in [5, 5.41) is 77.0. The highest BCUT2D eigenvalue weighted by Crippen LogP contribution is 2.43. The van der Waals surface area contributed by atoms with Crippen LogP contribution >= 0.6 is 0 Å². The van der Waals surface area contributed by atoms with Crippen molar-refractivity contribution in [2.45, 2.75) is 225 Å². The Balaban J connectivity index is 1.25. The number of allylic oxidation sites excluding steroid dienone is 4. The zero-order valence-electron chi connectivity index (χ0n) is 44.6. The van der Waals surface area contributed by atoms with Crippen LogP contribution in [0.2, 0.25) is 0 Å². The summed E-state index contributed by atoms with van der Waals surface area (Å²) in [5.74, 6) is -9.19. The molecule has 0 spiro atoms. The molecular formula is C54H86O19. The van der Waals surface area contributed by atoms with Gasteiger partial charge >= 0.3 is 17.9 Å². The molecule has 0 saturated carbocycles. The molecule has 0 bridgehead atoms. The van der Waals surface area contributed by atoms with Crippen molar-refractivity contribution in [3.63, 3.8) is 0 Å². The molecule has 0 amide bonds. The summed E-state index contributed by atoms with van der Waals surface area (Å²) < 4.78 is 54.4. The van der Waals surface area contributed by atoms with Gasteiger partial charge in [0.2, 0.25) is 6.29 Å². The highest BCUT2D eigenvalue weighted by atomic mass is 16.8. The van der Waals surface area contributed by atoms with Gasteiger partial charge in [-0.15, -0.1) is 0 Å². The molecule has 5 aliphatic heterocycles. The highest BCUT2D eigenvalue weighted by Gasteiger charge is 2.53. The summed E-state index contributed by atoms with van der Waals surface area (Å²) in [7, 11) is 0. The van der Waals surface area contributed by atoms with Gasteiger partial charge in [-0.05, 0) is 47.5 Å². The van der Waals surface area contributed by atoms with Crippen molar-refractivity contribution < 1.29 is 92.8 Å². The van der Waals surface area contributed by atoms with Crippen LogP contribution in [0.25, 0.3) is 0 Å². The van der Waals surface area contributed by atoms with E-state index in [2.05, 4.69) is 0 Å². The molecule has 19 heteroatoms. The van der Waals surface area contributed by atoms with Crippen LogP contribution in [0.15, 0.2) is 48.6 Å². The van der Waals surface area contributed by atoms with Crippen LogP contribution < -0.4 is 0 Å². The maximum absolute atomic E-state index is 13.7. The number of aliphatic hydroxyl groups excluding tert-OH is 6. The SMILES string of the molecule is CC[C@@H]1[C@@H](C)O[C@@](O)([C@@H](C)[C@H](O)[C@H](C)[C@H]2OC(=O)/C=C/C=C/[C@H](C)[C@@H]([C@@H](C)[C@@H](O)[C@H](C)C(=O)O[C@H]3O[C@H](C)[C@@H](CC)[C@@H]3O[C@H]3C[C@H](O)[C@H](O)[C@H](C)O3)OC(=O)/C=C/C=C/[C@@H]2C)C[C@H]1O[C@H]1C[C@H](O)[C@H](O)[C@H](C)O1. The Morgan fingerprint density at radius 3 is 1.63 bits per heavy atom. The van der Waals surface area contributed by atoms with Crippen molar-refractivity contribution in [1.29, 1.82) is 0 Å². The Hall–Kier alpha value is -3.15. The van der Waals surface area contributed by atoms with Gasteiger partial charge in [0.15, 0.2) is 18.4 Å². The van der Waals surface area contributed by atoms with E-state index >= 15 is 0 Å². The minimum Gasteiger partial charge on any atom is -0.458 e. The van der Waals surface area contributed by atoms with Crippen LogP contribution in [-0.2, 0) is 57.0 Å². The van der Waals surface area contributed by atoms with Crippen molar-refractivity contribution >= 4 is 17.9 Å². The molecular weight excluding hydrogens is 953 g/mol. The van der Waals surface area contributed by atoms with E-state index in [1.807, 2.05) is 27.7 Å². The molecule has 4 saturated heterocycles. The average Bonchev–Trinajstić information content (AvgIpc) is 3.63. The van der Waals surface area contributed by atoms with Crippen molar-refractivity contribution in [2.24, 2.45) is 47.3 Å². The fourth-order valence-corrected chi connectivity index (χ4v) is 11.1. The van der Waals surface area contributed by atoms with Crippen LogP contribution in [0.1, 0.15) is 115 Å². The van der Waals surface area contributed by atoms with E-state index in [1.165, 1.54) is 31.2 Å². The maximum Gasteiger partial charge on any atom is 0.331 e. The number of esters is 3. The average molecular weight is 1040 g/mol. The van der Waals surface area contributed by atoms with E-state index in [-0.39, 0.29) is 37.2 Å². The predicted octanol–water partition coefficient (Wildman–Crippen LogP) is 3.91. The largest absolute Gasteiger partial charge is 0.458 e. The van der Waals surface area contributed by atoms with Gasteiger partial charge in [-0.2, -0.15) is 0 Å². The van der Waals surface area contributed by atoms with Gasteiger partial charge < -0.3 is 78.4 Å². The van der Waals surface area contributed by atoms with Gasteiger partial charge in [0.25, 0.3) is 0 Å². The first-order chi connectivity index (χ1) is 34.3. The zero-order valence-corrected chi connectivity index (χ0v) is 44.6. The number of aliphatic hydroxyl groups is 7. The lowest BCUT2D eigenvalue weighted by atomic mass is 9.76. The molecule has 19 nitrogen and oxygen atoms in total. The monoisotopic (exact) mass is 1040 g/mol. The second kappa shape index (κ2) is 26.8. The summed E-state index contributed by atoms with van der Waals surface area (Å²) in [6, 6.07) is 0. The molecule has 73 heavy (non-hydrogen) atoms. The van der Waals surface area contributed by atoms with Gasteiger partial charge in [0.1, 0.15) is 30.5 Å². The number of carbonyl (C=O) groups is 3. The molecule has 0 radical (unpaired) electrons. The summed E-state index contributed by atoms with van der Waals surface area (Å²) >= 11 is 0. The molecule has 5 aliphatic rings. The van der Waals surface area contributed by atoms with E-state index in [9.17, 15) is 50.1 Å². The first-order valence-corrected chi connectivity index (χ1v) is 26.4. The number of ether oxygens (including phenoxy) is 9. The summed E-state index contributed by atoms with van der Waals surface area (Å²) in [6.07, 6.45) is -2.14. The van der Waals surface area contributed by atoms with Crippen molar-refractivity contribution in [3.05, 3.63) is 48.6 Å². The summed E-state index contributed by atoms with van der Waals surface area (Å²) in [5.41, 5.74) is 0. The van der Waals surface area contributed by atoms with E-state index in [0.717, 1.165) is 0 Å². The van der Waals surface area contributed by atoms with E-state index in [0.29, 0.717) is 12.8 Å². The second-order valence-corrected chi connectivity index (χ2v) is 21.4. The quantitative estimate of drug-likeness (QED) is 0.0905. The van der Waals surface area contributed by atoms with E-state index in [4.69, 9.17) is 42.6 Å².